The van der Waals surface area contributed by atoms with Gasteiger partial charge < -0.3 is 15.4 Å². The average molecular weight is 343 g/mol. The third kappa shape index (κ3) is 4.38. The van der Waals surface area contributed by atoms with Crippen LogP contribution in [0, 0.1) is 34.0 Å². The van der Waals surface area contributed by atoms with Crippen LogP contribution in [0.4, 0.5) is 11.4 Å². The lowest BCUT2D eigenvalue weighted by atomic mass is 10.1. The molecule has 2 aromatic rings. The van der Waals surface area contributed by atoms with Crippen LogP contribution in [0.15, 0.2) is 59.8 Å². The second-order valence-corrected chi connectivity index (χ2v) is 4.97. The zero-order valence-corrected chi connectivity index (χ0v) is 13.8. The SMILES string of the molecule is COc1cccc(NC(=O)c2ccc(NC(C#N)=C(C#N)C#N)cc2)c1. The van der Waals surface area contributed by atoms with Gasteiger partial charge in [0.15, 0.2) is 5.57 Å². The van der Waals surface area contributed by atoms with Crippen molar-refractivity contribution in [1.29, 1.82) is 15.8 Å². The second-order valence-electron chi connectivity index (χ2n) is 4.97. The fourth-order valence-corrected chi connectivity index (χ4v) is 2.04. The molecule has 0 saturated carbocycles. The zero-order chi connectivity index (χ0) is 18.9. The Labute approximate surface area is 150 Å². The molecule has 0 spiro atoms. The monoisotopic (exact) mass is 343 g/mol. The molecule has 26 heavy (non-hydrogen) atoms. The van der Waals surface area contributed by atoms with Crippen LogP contribution in [-0.4, -0.2) is 13.0 Å². The Balaban J connectivity index is 2.13. The molecule has 1 amide bonds. The Morgan fingerprint density at radius 1 is 0.923 bits per heavy atom. The van der Waals surface area contributed by atoms with Gasteiger partial charge in [0.25, 0.3) is 5.91 Å². The van der Waals surface area contributed by atoms with Crippen molar-refractivity contribution in [1.82, 2.24) is 0 Å². The number of nitrogens with zero attached hydrogens (tertiary/aromatic N) is 3. The number of ether oxygens (including phenoxy) is 1. The summed E-state index contributed by atoms with van der Waals surface area (Å²) in [5, 5.41) is 32.1. The summed E-state index contributed by atoms with van der Waals surface area (Å²) in [4.78, 5) is 12.3. The van der Waals surface area contributed by atoms with E-state index in [0.29, 0.717) is 22.7 Å². The number of amides is 1. The van der Waals surface area contributed by atoms with E-state index in [0.717, 1.165) is 0 Å². The smallest absolute Gasteiger partial charge is 0.255 e. The first kappa shape index (κ1) is 18.1. The molecule has 126 valence electrons. The van der Waals surface area contributed by atoms with Crippen LogP contribution in [0.1, 0.15) is 10.4 Å². The minimum Gasteiger partial charge on any atom is -0.497 e. The highest BCUT2D eigenvalue weighted by Crippen LogP contribution is 2.18. The van der Waals surface area contributed by atoms with Gasteiger partial charge in [-0.2, -0.15) is 15.8 Å². The summed E-state index contributed by atoms with van der Waals surface area (Å²) in [5.74, 6) is 0.319. The molecule has 0 aliphatic heterocycles. The van der Waals surface area contributed by atoms with Crippen LogP contribution in [0.2, 0.25) is 0 Å². The van der Waals surface area contributed by atoms with E-state index >= 15 is 0 Å². The number of nitrogens with one attached hydrogen (secondary N) is 2. The van der Waals surface area contributed by atoms with Crippen LogP contribution < -0.4 is 15.4 Å². The molecule has 2 aromatic carbocycles. The first-order chi connectivity index (χ1) is 12.6. The molecular weight excluding hydrogens is 330 g/mol. The maximum atomic E-state index is 12.3. The molecule has 0 fully saturated rings. The predicted octanol–water partition coefficient (Wildman–Crippen LogP) is 3.18. The number of methoxy groups -OCH3 is 1. The largest absolute Gasteiger partial charge is 0.497 e. The molecule has 0 radical (unpaired) electrons. The first-order valence-corrected chi connectivity index (χ1v) is 7.38. The summed E-state index contributed by atoms with van der Waals surface area (Å²) in [6.07, 6.45) is 0. The third-order valence-corrected chi connectivity index (χ3v) is 3.33. The lowest BCUT2D eigenvalue weighted by Gasteiger charge is -2.08. The van der Waals surface area contributed by atoms with E-state index in [1.165, 1.54) is 0 Å². The van der Waals surface area contributed by atoms with Gasteiger partial charge >= 0.3 is 0 Å². The Kier molecular flexibility index (Phi) is 5.93. The van der Waals surface area contributed by atoms with Crippen LogP contribution in [0.5, 0.6) is 5.75 Å². The van der Waals surface area contributed by atoms with E-state index in [-0.39, 0.29) is 17.2 Å². The van der Waals surface area contributed by atoms with Gasteiger partial charge in [0.2, 0.25) is 0 Å². The van der Waals surface area contributed by atoms with E-state index in [4.69, 9.17) is 20.5 Å². The fraction of sp³-hybridized carbons (Fsp3) is 0.0526. The Bertz CT molecular complexity index is 957. The van der Waals surface area contributed by atoms with Crippen molar-refractivity contribution < 1.29 is 9.53 Å². The summed E-state index contributed by atoms with van der Waals surface area (Å²) in [5.41, 5.74) is 1.01. The molecule has 0 atom stereocenters. The molecule has 7 nitrogen and oxygen atoms in total. The minimum absolute atomic E-state index is 0.149. The number of anilines is 2. The lowest BCUT2D eigenvalue weighted by molar-refractivity contribution is 0.102. The number of carbonyl (C=O) groups is 1. The normalized spacial score (nSPS) is 9.00. The number of hydrogen-bond acceptors (Lipinski definition) is 6. The minimum atomic E-state index is -0.313. The highest BCUT2D eigenvalue weighted by atomic mass is 16.5. The Morgan fingerprint density at radius 2 is 1.62 bits per heavy atom. The van der Waals surface area contributed by atoms with Crippen molar-refractivity contribution in [3.05, 3.63) is 65.4 Å². The van der Waals surface area contributed by atoms with Gasteiger partial charge in [-0.3, -0.25) is 4.79 Å². The highest BCUT2D eigenvalue weighted by Gasteiger charge is 2.09. The molecule has 2 N–H and O–H groups in total. The maximum absolute atomic E-state index is 12.3. The molecule has 2 rings (SSSR count). The van der Waals surface area contributed by atoms with Crippen molar-refractivity contribution in [3.8, 4) is 24.0 Å². The Hall–Kier alpha value is -4.28. The number of carbonyl (C=O) groups excluding carboxylic acids is 1. The average Bonchev–Trinajstić information content (AvgIpc) is 2.68. The molecule has 0 aliphatic carbocycles. The summed E-state index contributed by atoms with van der Waals surface area (Å²) < 4.78 is 5.11. The quantitative estimate of drug-likeness (QED) is 0.804. The van der Waals surface area contributed by atoms with E-state index < -0.39 is 0 Å². The van der Waals surface area contributed by atoms with Crippen molar-refractivity contribution >= 4 is 17.3 Å². The number of benzene rings is 2. The van der Waals surface area contributed by atoms with Crippen molar-refractivity contribution in [2.24, 2.45) is 0 Å². The molecule has 0 unspecified atom stereocenters. The number of hydrogen-bond donors (Lipinski definition) is 2. The standard InChI is InChI=1S/C19H13N5O2/c1-26-17-4-2-3-16(9-17)24-19(25)13-5-7-15(8-6-13)23-18(12-22)14(10-20)11-21/h2-9,23H,1H3,(H,24,25). The first-order valence-electron chi connectivity index (χ1n) is 7.38. The molecule has 0 aliphatic rings. The summed E-state index contributed by atoms with van der Waals surface area (Å²) in [6, 6.07) is 18.3. The number of rotatable bonds is 5. The summed E-state index contributed by atoms with van der Waals surface area (Å²) in [7, 11) is 1.54. The topological polar surface area (TPSA) is 122 Å². The molecule has 0 saturated heterocycles. The molecule has 0 aromatic heterocycles. The van der Waals surface area contributed by atoms with Gasteiger partial charge in [0.05, 0.1) is 7.11 Å². The van der Waals surface area contributed by atoms with Crippen LogP contribution in [0.3, 0.4) is 0 Å². The maximum Gasteiger partial charge on any atom is 0.255 e. The van der Waals surface area contributed by atoms with Crippen molar-refractivity contribution in [2.75, 3.05) is 17.7 Å². The highest BCUT2D eigenvalue weighted by molar-refractivity contribution is 6.04. The van der Waals surface area contributed by atoms with Crippen molar-refractivity contribution in [2.45, 2.75) is 0 Å². The summed E-state index contributed by atoms with van der Waals surface area (Å²) >= 11 is 0. The van der Waals surface area contributed by atoms with E-state index in [1.807, 2.05) is 0 Å². The second kappa shape index (κ2) is 8.54. The van der Waals surface area contributed by atoms with E-state index in [1.54, 1.807) is 73.8 Å². The van der Waals surface area contributed by atoms with Gasteiger partial charge in [-0.15, -0.1) is 0 Å². The predicted molar refractivity (Wildman–Crippen MR) is 94.9 cm³/mol. The van der Waals surface area contributed by atoms with Crippen LogP contribution in [0.25, 0.3) is 0 Å². The van der Waals surface area contributed by atoms with Gasteiger partial charge in [0.1, 0.15) is 29.7 Å². The van der Waals surface area contributed by atoms with Gasteiger partial charge in [0, 0.05) is 23.0 Å². The molecular formula is C19H13N5O2. The van der Waals surface area contributed by atoms with Crippen molar-refractivity contribution in [3.63, 3.8) is 0 Å². The number of allylic oxidation sites excluding steroid dienone is 2. The third-order valence-electron chi connectivity index (χ3n) is 3.33. The van der Waals surface area contributed by atoms with Gasteiger partial charge in [-0.05, 0) is 36.4 Å². The zero-order valence-electron chi connectivity index (χ0n) is 13.8. The van der Waals surface area contributed by atoms with Crippen LogP contribution >= 0.6 is 0 Å². The lowest BCUT2D eigenvalue weighted by Crippen LogP contribution is -2.12. The van der Waals surface area contributed by atoms with Gasteiger partial charge in [-0.1, -0.05) is 6.07 Å². The molecule has 0 heterocycles. The fourth-order valence-electron chi connectivity index (χ4n) is 2.04. The van der Waals surface area contributed by atoms with Crippen LogP contribution in [-0.2, 0) is 0 Å². The molecule has 0 bridgehead atoms. The van der Waals surface area contributed by atoms with E-state index in [2.05, 4.69) is 10.6 Å². The summed E-state index contributed by atoms with van der Waals surface area (Å²) in [6.45, 7) is 0. The van der Waals surface area contributed by atoms with Gasteiger partial charge in [-0.25, -0.2) is 0 Å². The Morgan fingerprint density at radius 3 is 2.19 bits per heavy atom. The number of nitriles is 3. The molecule has 7 heteroatoms. The van der Waals surface area contributed by atoms with E-state index in [9.17, 15) is 4.79 Å².